The number of hydrogen-bond donors (Lipinski definition) is 0. The SMILES string of the molecule is CCCc1cc(F)cc(Oc2ccc(S(C)(=O)=O)cc2)c1. The van der Waals surface area contributed by atoms with E-state index >= 15 is 0 Å². The third-order valence-electron chi connectivity index (χ3n) is 2.96. The van der Waals surface area contributed by atoms with Crippen LogP contribution in [0.15, 0.2) is 47.4 Å². The highest BCUT2D eigenvalue weighted by molar-refractivity contribution is 7.90. The Labute approximate surface area is 124 Å². The summed E-state index contributed by atoms with van der Waals surface area (Å²) in [5.41, 5.74) is 0.875. The molecule has 0 heterocycles. The Hall–Kier alpha value is -1.88. The zero-order chi connectivity index (χ0) is 15.5. The van der Waals surface area contributed by atoms with E-state index in [9.17, 15) is 12.8 Å². The molecule has 0 radical (unpaired) electrons. The Morgan fingerprint density at radius 1 is 1.05 bits per heavy atom. The van der Waals surface area contributed by atoms with Crippen LogP contribution in [0.2, 0.25) is 0 Å². The molecule has 21 heavy (non-hydrogen) atoms. The van der Waals surface area contributed by atoms with Crippen LogP contribution in [-0.2, 0) is 16.3 Å². The first-order valence-corrected chi connectivity index (χ1v) is 8.55. The maximum atomic E-state index is 13.5. The molecule has 0 saturated heterocycles. The lowest BCUT2D eigenvalue weighted by Gasteiger charge is -2.08. The van der Waals surface area contributed by atoms with Crippen LogP contribution in [0.4, 0.5) is 4.39 Å². The van der Waals surface area contributed by atoms with E-state index in [4.69, 9.17) is 4.74 Å². The van der Waals surface area contributed by atoms with E-state index in [0.29, 0.717) is 11.5 Å². The van der Waals surface area contributed by atoms with Gasteiger partial charge in [0.15, 0.2) is 9.84 Å². The van der Waals surface area contributed by atoms with Crippen molar-refractivity contribution in [3.63, 3.8) is 0 Å². The molecule has 2 rings (SSSR count). The van der Waals surface area contributed by atoms with Gasteiger partial charge in [-0.3, -0.25) is 0 Å². The molecule has 2 aromatic carbocycles. The van der Waals surface area contributed by atoms with E-state index in [0.717, 1.165) is 24.7 Å². The second kappa shape index (κ2) is 6.26. The molecule has 3 nitrogen and oxygen atoms in total. The van der Waals surface area contributed by atoms with Crippen LogP contribution in [0.5, 0.6) is 11.5 Å². The Balaban J connectivity index is 2.22. The van der Waals surface area contributed by atoms with Crippen molar-refractivity contribution in [2.24, 2.45) is 0 Å². The lowest BCUT2D eigenvalue weighted by Crippen LogP contribution is -1.96. The van der Waals surface area contributed by atoms with E-state index in [1.54, 1.807) is 18.2 Å². The topological polar surface area (TPSA) is 43.4 Å². The molecule has 0 aliphatic carbocycles. The van der Waals surface area contributed by atoms with Crippen LogP contribution in [0.3, 0.4) is 0 Å². The fraction of sp³-hybridized carbons (Fsp3) is 0.250. The van der Waals surface area contributed by atoms with Gasteiger partial charge in [-0.15, -0.1) is 0 Å². The van der Waals surface area contributed by atoms with Crippen LogP contribution < -0.4 is 4.74 Å². The minimum atomic E-state index is -3.23. The van der Waals surface area contributed by atoms with Gasteiger partial charge in [-0.1, -0.05) is 13.3 Å². The van der Waals surface area contributed by atoms with E-state index in [1.807, 2.05) is 6.92 Å². The van der Waals surface area contributed by atoms with Gasteiger partial charge < -0.3 is 4.74 Å². The van der Waals surface area contributed by atoms with Crippen molar-refractivity contribution in [1.82, 2.24) is 0 Å². The summed E-state index contributed by atoms with van der Waals surface area (Å²) in [5.74, 6) is 0.532. The molecule has 0 bridgehead atoms. The molecule has 0 unspecified atom stereocenters. The Kier molecular flexibility index (Phi) is 4.63. The van der Waals surface area contributed by atoms with Gasteiger partial charge in [-0.2, -0.15) is 0 Å². The highest BCUT2D eigenvalue weighted by Gasteiger charge is 2.07. The van der Waals surface area contributed by atoms with E-state index in [1.165, 1.54) is 24.3 Å². The number of benzene rings is 2. The largest absolute Gasteiger partial charge is 0.457 e. The predicted molar refractivity (Wildman–Crippen MR) is 80.0 cm³/mol. The van der Waals surface area contributed by atoms with Crippen LogP contribution >= 0.6 is 0 Å². The Morgan fingerprint density at radius 3 is 2.29 bits per heavy atom. The smallest absolute Gasteiger partial charge is 0.175 e. The van der Waals surface area contributed by atoms with Crippen molar-refractivity contribution in [3.8, 4) is 11.5 Å². The number of hydrogen-bond acceptors (Lipinski definition) is 3. The maximum Gasteiger partial charge on any atom is 0.175 e. The molecule has 0 fully saturated rings. The van der Waals surface area contributed by atoms with E-state index in [-0.39, 0.29) is 10.7 Å². The molecular formula is C16H17FO3S. The molecule has 0 atom stereocenters. The summed E-state index contributed by atoms with van der Waals surface area (Å²) in [5, 5.41) is 0. The van der Waals surface area contributed by atoms with Crippen LogP contribution in [0.1, 0.15) is 18.9 Å². The molecule has 0 aliphatic heterocycles. The molecule has 0 N–H and O–H groups in total. The average Bonchev–Trinajstić information content (AvgIpc) is 2.38. The summed E-state index contributed by atoms with van der Waals surface area (Å²) >= 11 is 0. The fourth-order valence-electron chi connectivity index (χ4n) is 2.00. The Morgan fingerprint density at radius 2 is 1.71 bits per heavy atom. The molecule has 0 amide bonds. The Bertz CT molecular complexity index is 722. The van der Waals surface area contributed by atoms with E-state index < -0.39 is 9.84 Å². The van der Waals surface area contributed by atoms with Crippen molar-refractivity contribution in [3.05, 3.63) is 53.8 Å². The van der Waals surface area contributed by atoms with Gasteiger partial charge in [0.25, 0.3) is 0 Å². The van der Waals surface area contributed by atoms with Gasteiger partial charge in [0.05, 0.1) is 4.90 Å². The third-order valence-corrected chi connectivity index (χ3v) is 4.09. The lowest BCUT2D eigenvalue weighted by atomic mass is 10.1. The molecular weight excluding hydrogens is 291 g/mol. The second-order valence-corrected chi connectivity index (χ2v) is 6.91. The first-order valence-electron chi connectivity index (χ1n) is 6.66. The maximum absolute atomic E-state index is 13.5. The number of sulfone groups is 1. The van der Waals surface area contributed by atoms with Crippen LogP contribution in [0, 0.1) is 5.82 Å². The van der Waals surface area contributed by atoms with Gasteiger partial charge in [0, 0.05) is 12.3 Å². The van der Waals surface area contributed by atoms with Crippen molar-refractivity contribution < 1.29 is 17.5 Å². The van der Waals surface area contributed by atoms with Crippen molar-refractivity contribution in [2.75, 3.05) is 6.26 Å². The van der Waals surface area contributed by atoms with Gasteiger partial charge in [-0.25, -0.2) is 12.8 Å². The van der Waals surface area contributed by atoms with Gasteiger partial charge in [-0.05, 0) is 48.4 Å². The zero-order valence-electron chi connectivity index (χ0n) is 12.0. The molecule has 112 valence electrons. The highest BCUT2D eigenvalue weighted by atomic mass is 32.2. The third kappa shape index (κ3) is 4.29. The first kappa shape index (κ1) is 15.5. The fourth-order valence-corrected chi connectivity index (χ4v) is 2.63. The standard InChI is InChI=1S/C16H17FO3S/c1-3-4-12-9-13(17)11-15(10-12)20-14-5-7-16(8-6-14)21(2,18)19/h5-11H,3-4H2,1-2H3. The number of halogens is 1. The minimum absolute atomic E-state index is 0.223. The quantitative estimate of drug-likeness (QED) is 0.839. The number of rotatable bonds is 5. The first-order chi connectivity index (χ1) is 9.88. The van der Waals surface area contributed by atoms with Gasteiger partial charge in [0.1, 0.15) is 17.3 Å². The molecule has 0 spiro atoms. The molecule has 0 saturated carbocycles. The molecule has 0 aliphatic rings. The summed E-state index contributed by atoms with van der Waals surface area (Å²) in [6.45, 7) is 2.02. The van der Waals surface area contributed by atoms with Crippen LogP contribution in [-0.4, -0.2) is 14.7 Å². The summed E-state index contributed by atoms with van der Waals surface area (Å²) < 4.78 is 41.8. The summed E-state index contributed by atoms with van der Waals surface area (Å²) in [6.07, 6.45) is 2.85. The summed E-state index contributed by atoms with van der Waals surface area (Å²) in [4.78, 5) is 0.223. The van der Waals surface area contributed by atoms with Crippen molar-refractivity contribution in [2.45, 2.75) is 24.7 Å². The van der Waals surface area contributed by atoms with Crippen molar-refractivity contribution >= 4 is 9.84 Å². The number of aryl methyl sites for hydroxylation is 1. The molecule has 0 aromatic heterocycles. The highest BCUT2D eigenvalue weighted by Crippen LogP contribution is 2.25. The monoisotopic (exact) mass is 308 g/mol. The van der Waals surface area contributed by atoms with E-state index in [2.05, 4.69) is 0 Å². The normalized spacial score (nSPS) is 11.4. The summed E-state index contributed by atoms with van der Waals surface area (Å²) in [6, 6.07) is 10.6. The molecule has 5 heteroatoms. The molecule has 2 aromatic rings. The predicted octanol–water partition coefficient (Wildman–Crippen LogP) is 3.97. The summed E-state index contributed by atoms with van der Waals surface area (Å²) in [7, 11) is -3.23. The second-order valence-electron chi connectivity index (χ2n) is 4.89. The van der Waals surface area contributed by atoms with Gasteiger partial charge in [0.2, 0.25) is 0 Å². The lowest BCUT2D eigenvalue weighted by molar-refractivity contribution is 0.475. The number of ether oxygens (including phenoxy) is 1. The van der Waals surface area contributed by atoms with Gasteiger partial charge >= 0.3 is 0 Å². The minimum Gasteiger partial charge on any atom is -0.457 e. The zero-order valence-corrected chi connectivity index (χ0v) is 12.8. The van der Waals surface area contributed by atoms with Crippen LogP contribution in [0.25, 0.3) is 0 Å². The average molecular weight is 308 g/mol. The van der Waals surface area contributed by atoms with Crippen molar-refractivity contribution in [1.29, 1.82) is 0 Å².